The van der Waals surface area contributed by atoms with E-state index >= 15 is 0 Å². The quantitative estimate of drug-likeness (QED) is 0.921. The molecule has 96 valence electrons. The predicted molar refractivity (Wildman–Crippen MR) is 74.5 cm³/mol. The van der Waals surface area contributed by atoms with Gasteiger partial charge < -0.3 is 14.6 Å². The Bertz CT molecular complexity index is 552. The van der Waals surface area contributed by atoms with E-state index in [1.165, 1.54) is 12.8 Å². The summed E-state index contributed by atoms with van der Waals surface area (Å²) in [6.07, 6.45) is 4.38. The number of likely N-dealkylation sites (tertiary alicyclic amines) is 1. The summed E-state index contributed by atoms with van der Waals surface area (Å²) in [5.41, 5.74) is 1.06. The number of likely N-dealkylation sites (N-methyl/N-ethyl adjacent to an activating group) is 1. The highest BCUT2D eigenvalue weighted by Gasteiger charge is 2.21. The number of nitrogens with zero attached hydrogens (tertiary/aromatic N) is 1. The van der Waals surface area contributed by atoms with E-state index in [4.69, 9.17) is 16.3 Å². The van der Waals surface area contributed by atoms with Gasteiger partial charge >= 0.3 is 0 Å². The topological polar surface area (TPSA) is 28.3 Å². The molecule has 1 unspecified atom stereocenters. The van der Waals surface area contributed by atoms with Crippen molar-refractivity contribution in [3.63, 3.8) is 0 Å². The Balaban J connectivity index is 1.75. The van der Waals surface area contributed by atoms with Crippen LogP contribution >= 0.6 is 11.6 Å². The monoisotopic (exact) mass is 264 g/mol. The van der Waals surface area contributed by atoms with Gasteiger partial charge in [-0.05, 0) is 38.6 Å². The minimum atomic E-state index is 0.514. The summed E-state index contributed by atoms with van der Waals surface area (Å²) < 4.78 is 5.88. The fourth-order valence-corrected chi connectivity index (χ4v) is 2.77. The van der Waals surface area contributed by atoms with Crippen LogP contribution in [0, 0.1) is 0 Å². The molecule has 1 aliphatic rings. The van der Waals surface area contributed by atoms with Gasteiger partial charge in [0.25, 0.3) is 0 Å². The highest BCUT2D eigenvalue weighted by Crippen LogP contribution is 2.30. The highest BCUT2D eigenvalue weighted by molar-refractivity contribution is 6.32. The number of ether oxygens (including phenoxy) is 1. The third kappa shape index (κ3) is 2.20. The minimum absolute atomic E-state index is 0.514. The molecule has 1 N–H and O–H groups in total. The Labute approximate surface area is 112 Å². The Morgan fingerprint density at radius 1 is 1.50 bits per heavy atom. The number of nitrogens with one attached hydrogen (secondary N) is 1. The van der Waals surface area contributed by atoms with E-state index in [0.29, 0.717) is 17.7 Å². The van der Waals surface area contributed by atoms with E-state index in [0.717, 1.165) is 23.2 Å². The molecule has 0 bridgehead atoms. The van der Waals surface area contributed by atoms with Crippen molar-refractivity contribution < 1.29 is 4.74 Å². The molecule has 1 aromatic carbocycles. The van der Waals surface area contributed by atoms with Crippen molar-refractivity contribution >= 4 is 22.5 Å². The summed E-state index contributed by atoms with van der Waals surface area (Å²) in [5, 5.41) is 1.80. The van der Waals surface area contributed by atoms with E-state index in [1.807, 2.05) is 24.4 Å². The molecule has 1 aliphatic heterocycles. The Kier molecular flexibility index (Phi) is 3.18. The van der Waals surface area contributed by atoms with Crippen LogP contribution in [0.2, 0.25) is 5.02 Å². The Hall–Kier alpha value is -1.19. The summed E-state index contributed by atoms with van der Waals surface area (Å²) >= 11 is 6.23. The number of H-pyrrole nitrogens is 1. The van der Waals surface area contributed by atoms with Crippen LogP contribution in [0.25, 0.3) is 10.9 Å². The lowest BCUT2D eigenvalue weighted by molar-refractivity contribution is 0.198. The molecule has 3 nitrogen and oxygen atoms in total. The average molecular weight is 265 g/mol. The first kappa shape index (κ1) is 11.9. The SMILES string of the molecule is CN1CCCC1COc1cc2[nH]ccc2cc1Cl. The summed E-state index contributed by atoms with van der Waals surface area (Å²) in [5.74, 6) is 0.770. The van der Waals surface area contributed by atoms with Gasteiger partial charge in [-0.2, -0.15) is 0 Å². The molecule has 0 spiro atoms. The number of hydrogen-bond acceptors (Lipinski definition) is 2. The fraction of sp³-hybridized carbons (Fsp3) is 0.429. The third-order valence-corrected chi connectivity index (χ3v) is 4.00. The Morgan fingerprint density at radius 2 is 2.39 bits per heavy atom. The summed E-state index contributed by atoms with van der Waals surface area (Å²) in [6, 6.07) is 6.45. The third-order valence-electron chi connectivity index (χ3n) is 3.71. The molecule has 0 amide bonds. The number of aromatic amines is 1. The number of hydrogen-bond donors (Lipinski definition) is 1. The zero-order chi connectivity index (χ0) is 12.5. The number of halogens is 1. The maximum atomic E-state index is 6.23. The molecule has 1 aromatic heterocycles. The van der Waals surface area contributed by atoms with Gasteiger partial charge in [0.2, 0.25) is 0 Å². The van der Waals surface area contributed by atoms with Gasteiger partial charge in [-0.1, -0.05) is 11.6 Å². The molecule has 0 aliphatic carbocycles. The van der Waals surface area contributed by atoms with Crippen molar-refractivity contribution in [1.82, 2.24) is 9.88 Å². The van der Waals surface area contributed by atoms with Crippen molar-refractivity contribution in [1.29, 1.82) is 0 Å². The van der Waals surface area contributed by atoms with Gasteiger partial charge in [-0.25, -0.2) is 0 Å². The van der Waals surface area contributed by atoms with E-state index in [-0.39, 0.29) is 0 Å². The van der Waals surface area contributed by atoms with E-state index in [2.05, 4.69) is 16.9 Å². The first-order valence-corrected chi connectivity index (χ1v) is 6.71. The molecular formula is C14H17ClN2O. The first-order valence-electron chi connectivity index (χ1n) is 6.34. The first-order chi connectivity index (χ1) is 8.74. The fourth-order valence-electron chi connectivity index (χ4n) is 2.54. The second-order valence-corrected chi connectivity index (χ2v) is 5.34. The molecule has 2 heterocycles. The van der Waals surface area contributed by atoms with Gasteiger partial charge in [0.1, 0.15) is 12.4 Å². The summed E-state index contributed by atoms with van der Waals surface area (Å²) in [4.78, 5) is 5.52. The maximum Gasteiger partial charge on any atom is 0.140 e. The number of fused-ring (bicyclic) bond motifs is 1. The second-order valence-electron chi connectivity index (χ2n) is 4.94. The van der Waals surface area contributed by atoms with Gasteiger partial charge in [-0.3, -0.25) is 0 Å². The van der Waals surface area contributed by atoms with Crippen molar-refractivity contribution in [3.05, 3.63) is 29.4 Å². The number of rotatable bonds is 3. The van der Waals surface area contributed by atoms with Crippen LogP contribution in [0.5, 0.6) is 5.75 Å². The molecule has 0 saturated carbocycles. The van der Waals surface area contributed by atoms with Crippen LogP contribution in [0.3, 0.4) is 0 Å². The summed E-state index contributed by atoms with van der Waals surface area (Å²) in [7, 11) is 2.15. The van der Waals surface area contributed by atoms with Crippen molar-refractivity contribution in [3.8, 4) is 5.75 Å². The van der Waals surface area contributed by atoms with Crippen LogP contribution in [-0.2, 0) is 0 Å². The van der Waals surface area contributed by atoms with Crippen molar-refractivity contribution in [2.75, 3.05) is 20.2 Å². The molecule has 1 saturated heterocycles. The van der Waals surface area contributed by atoms with Crippen molar-refractivity contribution in [2.45, 2.75) is 18.9 Å². The smallest absolute Gasteiger partial charge is 0.140 e. The zero-order valence-electron chi connectivity index (χ0n) is 10.4. The van der Waals surface area contributed by atoms with Crippen molar-refractivity contribution in [2.24, 2.45) is 0 Å². The van der Waals surface area contributed by atoms with E-state index in [1.54, 1.807) is 0 Å². The predicted octanol–water partition coefficient (Wildman–Crippen LogP) is 3.29. The molecule has 2 aromatic rings. The van der Waals surface area contributed by atoms with E-state index in [9.17, 15) is 0 Å². The van der Waals surface area contributed by atoms with Gasteiger partial charge in [-0.15, -0.1) is 0 Å². The van der Waals surface area contributed by atoms with Crippen LogP contribution in [0.1, 0.15) is 12.8 Å². The molecule has 0 radical (unpaired) electrons. The van der Waals surface area contributed by atoms with Gasteiger partial charge in [0.15, 0.2) is 0 Å². The molecular weight excluding hydrogens is 248 g/mol. The van der Waals surface area contributed by atoms with Gasteiger partial charge in [0.05, 0.1) is 5.02 Å². The molecule has 3 rings (SSSR count). The zero-order valence-corrected chi connectivity index (χ0v) is 11.2. The lowest BCUT2D eigenvalue weighted by Gasteiger charge is -2.20. The normalized spacial score (nSPS) is 20.7. The number of aromatic nitrogens is 1. The van der Waals surface area contributed by atoms with Crippen LogP contribution < -0.4 is 4.74 Å². The minimum Gasteiger partial charge on any atom is -0.490 e. The maximum absolute atomic E-state index is 6.23. The second kappa shape index (κ2) is 4.82. The van der Waals surface area contributed by atoms with Gasteiger partial charge in [0, 0.05) is 29.2 Å². The molecule has 18 heavy (non-hydrogen) atoms. The summed E-state index contributed by atoms with van der Waals surface area (Å²) in [6.45, 7) is 1.87. The highest BCUT2D eigenvalue weighted by atomic mass is 35.5. The standard InChI is InChI=1S/C14H17ClN2O/c1-17-6-2-3-11(17)9-18-14-8-13-10(4-5-16-13)7-12(14)15/h4-5,7-8,11,16H,2-3,6,9H2,1H3. The molecule has 1 fully saturated rings. The number of benzene rings is 1. The van der Waals surface area contributed by atoms with Crippen LogP contribution in [-0.4, -0.2) is 36.1 Å². The lowest BCUT2D eigenvalue weighted by Crippen LogP contribution is -2.30. The van der Waals surface area contributed by atoms with Crippen LogP contribution in [0.4, 0.5) is 0 Å². The molecule has 1 atom stereocenters. The lowest BCUT2D eigenvalue weighted by atomic mass is 10.2. The Morgan fingerprint density at radius 3 is 3.17 bits per heavy atom. The van der Waals surface area contributed by atoms with Crippen LogP contribution in [0.15, 0.2) is 24.4 Å². The largest absolute Gasteiger partial charge is 0.490 e. The molecule has 4 heteroatoms. The van der Waals surface area contributed by atoms with E-state index < -0.39 is 0 Å². The average Bonchev–Trinajstić information content (AvgIpc) is 2.95.